The smallest absolute Gasteiger partial charge is 0.161 e. The highest BCUT2D eigenvalue weighted by Gasteiger charge is 2.09. The number of hydrogen-bond donors (Lipinski definition) is 2. The molecule has 86 valence electrons. The molecule has 0 amide bonds. The standard InChI is InChI=1S/C13H17NO2/c1-16-13-9-10(5-7-12(13)15)4-6-11-3-2-8-14-11/h4-7,9,11,14-15H,2-3,8H2,1H3. The van der Waals surface area contributed by atoms with Gasteiger partial charge in [0.05, 0.1) is 7.11 Å². The molecule has 1 unspecified atom stereocenters. The van der Waals surface area contributed by atoms with E-state index in [0.29, 0.717) is 11.8 Å². The minimum atomic E-state index is 0.179. The number of phenols is 1. The monoisotopic (exact) mass is 219 g/mol. The molecule has 0 radical (unpaired) electrons. The molecule has 1 saturated heterocycles. The van der Waals surface area contributed by atoms with Crippen molar-refractivity contribution in [1.82, 2.24) is 5.32 Å². The van der Waals surface area contributed by atoms with Crippen molar-refractivity contribution in [2.45, 2.75) is 18.9 Å². The number of nitrogens with one attached hydrogen (secondary N) is 1. The molecule has 2 rings (SSSR count). The Balaban J connectivity index is 2.08. The Hall–Kier alpha value is -1.48. The van der Waals surface area contributed by atoms with E-state index >= 15 is 0 Å². The summed E-state index contributed by atoms with van der Waals surface area (Å²) in [5, 5.41) is 12.9. The van der Waals surface area contributed by atoms with E-state index in [9.17, 15) is 5.11 Å². The lowest BCUT2D eigenvalue weighted by Crippen LogP contribution is -2.17. The molecule has 1 aromatic rings. The lowest BCUT2D eigenvalue weighted by molar-refractivity contribution is 0.373. The van der Waals surface area contributed by atoms with E-state index in [1.54, 1.807) is 13.2 Å². The molecule has 1 heterocycles. The fourth-order valence-corrected chi connectivity index (χ4v) is 1.90. The molecule has 1 atom stereocenters. The van der Waals surface area contributed by atoms with Gasteiger partial charge in [-0.25, -0.2) is 0 Å². The van der Waals surface area contributed by atoms with E-state index in [1.807, 2.05) is 12.1 Å². The van der Waals surface area contributed by atoms with Crippen LogP contribution in [-0.4, -0.2) is 24.8 Å². The molecule has 0 spiro atoms. The zero-order valence-corrected chi connectivity index (χ0v) is 9.44. The first-order chi connectivity index (χ1) is 7.79. The highest BCUT2D eigenvalue weighted by molar-refractivity contribution is 5.56. The van der Waals surface area contributed by atoms with Crippen LogP contribution in [0.3, 0.4) is 0 Å². The van der Waals surface area contributed by atoms with E-state index < -0.39 is 0 Å². The van der Waals surface area contributed by atoms with Gasteiger partial charge in [0.25, 0.3) is 0 Å². The lowest BCUT2D eigenvalue weighted by atomic mass is 10.1. The fraction of sp³-hybridized carbons (Fsp3) is 0.385. The van der Waals surface area contributed by atoms with Gasteiger partial charge in [-0.2, -0.15) is 0 Å². The van der Waals surface area contributed by atoms with Crippen LogP contribution in [0.2, 0.25) is 0 Å². The van der Waals surface area contributed by atoms with Crippen LogP contribution in [0, 0.1) is 0 Å². The summed E-state index contributed by atoms with van der Waals surface area (Å²) in [4.78, 5) is 0. The van der Waals surface area contributed by atoms with Crippen molar-refractivity contribution in [2.75, 3.05) is 13.7 Å². The van der Waals surface area contributed by atoms with E-state index in [2.05, 4.69) is 17.5 Å². The van der Waals surface area contributed by atoms with Crippen molar-refractivity contribution >= 4 is 6.08 Å². The van der Waals surface area contributed by atoms with Crippen LogP contribution < -0.4 is 10.1 Å². The summed E-state index contributed by atoms with van der Waals surface area (Å²) in [5.41, 5.74) is 1.04. The second-order valence-corrected chi connectivity index (χ2v) is 3.99. The van der Waals surface area contributed by atoms with Gasteiger partial charge in [-0.05, 0) is 37.1 Å². The highest BCUT2D eigenvalue weighted by atomic mass is 16.5. The topological polar surface area (TPSA) is 41.5 Å². The summed E-state index contributed by atoms with van der Waals surface area (Å²) < 4.78 is 5.06. The number of benzene rings is 1. The maximum atomic E-state index is 9.45. The van der Waals surface area contributed by atoms with Crippen molar-refractivity contribution in [1.29, 1.82) is 0 Å². The Morgan fingerprint density at radius 2 is 2.38 bits per heavy atom. The molecule has 3 heteroatoms. The van der Waals surface area contributed by atoms with Crippen molar-refractivity contribution in [3.05, 3.63) is 29.8 Å². The van der Waals surface area contributed by atoms with E-state index in [4.69, 9.17) is 4.74 Å². The van der Waals surface area contributed by atoms with Crippen molar-refractivity contribution in [2.24, 2.45) is 0 Å². The quantitative estimate of drug-likeness (QED) is 0.818. The van der Waals surface area contributed by atoms with Gasteiger partial charge in [0, 0.05) is 6.04 Å². The molecular formula is C13H17NO2. The summed E-state index contributed by atoms with van der Waals surface area (Å²) in [6.07, 6.45) is 6.67. The van der Waals surface area contributed by atoms with Crippen molar-refractivity contribution in [3.63, 3.8) is 0 Å². The molecule has 0 aliphatic carbocycles. The summed E-state index contributed by atoms with van der Waals surface area (Å²) in [6, 6.07) is 5.85. The highest BCUT2D eigenvalue weighted by Crippen LogP contribution is 2.26. The Labute approximate surface area is 95.7 Å². The molecule has 0 aromatic heterocycles. The predicted octanol–water partition coefficient (Wildman–Crippen LogP) is 2.17. The second-order valence-electron chi connectivity index (χ2n) is 3.99. The molecule has 0 bridgehead atoms. The molecular weight excluding hydrogens is 202 g/mol. The van der Waals surface area contributed by atoms with Crippen LogP contribution in [0.5, 0.6) is 11.5 Å². The maximum Gasteiger partial charge on any atom is 0.161 e. The minimum Gasteiger partial charge on any atom is -0.504 e. The van der Waals surface area contributed by atoms with Gasteiger partial charge in [0.1, 0.15) is 0 Å². The minimum absolute atomic E-state index is 0.179. The molecule has 16 heavy (non-hydrogen) atoms. The first-order valence-corrected chi connectivity index (χ1v) is 5.58. The van der Waals surface area contributed by atoms with Gasteiger partial charge in [0.15, 0.2) is 11.5 Å². The maximum absolute atomic E-state index is 9.45. The number of ether oxygens (including phenoxy) is 1. The molecule has 2 N–H and O–H groups in total. The molecule has 1 aromatic carbocycles. The van der Waals surface area contributed by atoms with Crippen LogP contribution in [0.25, 0.3) is 6.08 Å². The van der Waals surface area contributed by atoms with Crippen LogP contribution in [-0.2, 0) is 0 Å². The molecule has 1 aliphatic rings. The van der Waals surface area contributed by atoms with Crippen LogP contribution >= 0.6 is 0 Å². The Morgan fingerprint density at radius 1 is 1.50 bits per heavy atom. The first-order valence-electron chi connectivity index (χ1n) is 5.58. The van der Waals surface area contributed by atoms with E-state index in [0.717, 1.165) is 12.1 Å². The number of aromatic hydroxyl groups is 1. The summed E-state index contributed by atoms with van der Waals surface area (Å²) in [6.45, 7) is 1.11. The number of hydrogen-bond acceptors (Lipinski definition) is 3. The number of methoxy groups -OCH3 is 1. The molecule has 1 aliphatic heterocycles. The molecule has 3 nitrogen and oxygen atoms in total. The summed E-state index contributed by atoms with van der Waals surface area (Å²) in [7, 11) is 1.56. The SMILES string of the molecule is COc1cc(C=CC2CCCN2)ccc1O. The third-order valence-corrected chi connectivity index (χ3v) is 2.82. The Kier molecular flexibility index (Phi) is 3.47. The van der Waals surface area contributed by atoms with Crippen LogP contribution in [0.15, 0.2) is 24.3 Å². The average molecular weight is 219 g/mol. The van der Waals surface area contributed by atoms with Gasteiger partial charge < -0.3 is 15.2 Å². The van der Waals surface area contributed by atoms with E-state index in [1.165, 1.54) is 12.8 Å². The number of rotatable bonds is 3. The zero-order chi connectivity index (χ0) is 11.4. The third-order valence-electron chi connectivity index (χ3n) is 2.82. The van der Waals surface area contributed by atoms with E-state index in [-0.39, 0.29) is 5.75 Å². The molecule has 0 saturated carbocycles. The van der Waals surface area contributed by atoms with Crippen LogP contribution in [0.4, 0.5) is 0 Å². The van der Waals surface area contributed by atoms with Gasteiger partial charge in [-0.15, -0.1) is 0 Å². The fourth-order valence-electron chi connectivity index (χ4n) is 1.90. The summed E-state index contributed by atoms with van der Waals surface area (Å²) >= 11 is 0. The lowest BCUT2D eigenvalue weighted by Gasteiger charge is -2.05. The van der Waals surface area contributed by atoms with Gasteiger partial charge in [-0.3, -0.25) is 0 Å². The number of phenolic OH excluding ortho intramolecular Hbond substituents is 1. The normalized spacial score (nSPS) is 20.4. The Bertz CT molecular complexity index is 382. The van der Waals surface area contributed by atoms with Crippen molar-refractivity contribution in [3.8, 4) is 11.5 Å². The zero-order valence-electron chi connectivity index (χ0n) is 9.44. The Morgan fingerprint density at radius 3 is 3.06 bits per heavy atom. The first kappa shape index (κ1) is 11.0. The largest absolute Gasteiger partial charge is 0.504 e. The van der Waals surface area contributed by atoms with Gasteiger partial charge in [-0.1, -0.05) is 18.2 Å². The van der Waals surface area contributed by atoms with Crippen molar-refractivity contribution < 1.29 is 9.84 Å². The third kappa shape index (κ3) is 2.55. The summed E-state index contributed by atoms with van der Waals surface area (Å²) in [5.74, 6) is 0.695. The predicted molar refractivity (Wildman–Crippen MR) is 64.7 cm³/mol. The van der Waals surface area contributed by atoms with Gasteiger partial charge in [0.2, 0.25) is 0 Å². The molecule has 1 fully saturated rings. The van der Waals surface area contributed by atoms with Crippen LogP contribution in [0.1, 0.15) is 18.4 Å². The van der Waals surface area contributed by atoms with Gasteiger partial charge >= 0.3 is 0 Å². The second kappa shape index (κ2) is 5.03. The average Bonchev–Trinajstić information content (AvgIpc) is 2.81.